The number of carbonyl (C=O) groups is 2. The molecule has 29 heavy (non-hydrogen) atoms. The SMILES string of the molecule is O=C(C[NH+]1CCN(C(=O)c2cc3cc(Cl)ccc3o2)CC1)Nc1cccc(F)c1. The molecule has 0 unspecified atom stereocenters. The predicted molar refractivity (Wildman–Crippen MR) is 108 cm³/mol. The van der Waals surface area contributed by atoms with Crippen LogP contribution in [0, 0.1) is 5.82 Å². The van der Waals surface area contributed by atoms with Crippen LogP contribution in [0.25, 0.3) is 11.0 Å². The number of furan rings is 1. The Hall–Kier alpha value is -2.90. The van der Waals surface area contributed by atoms with Gasteiger partial charge in [0.25, 0.3) is 11.8 Å². The standard InChI is InChI=1S/C21H19ClFN3O3/c22-15-4-5-18-14(10-15)11-19(29-18)21(28)26-8-6-25(7-9-26)13-20(27)24-17-3-1-2-16(23)12-17/h1-5,10-12H,6-9,13H2,(H,24,27)/p+1. The largest absolute Gasteiger partial charge is 0.451 e. The fourth-order valence-electron chi connectivity index (χ4n) is 3.48. The maximum Gasteiger partial charge on any atom is 0.290 e. The first-order chi connectivity index (χ1) is 14.0. The van der Waals surface area contributed by atoms with E-state index in [2.05, 4.69) is 5.32 Å². The van der Waals surface area contributed by atoms with Gasteiger partial charge in [0.15, 0.2) is 12.3 Å². The van der Waals surface area contributed by atoms with Crippen molar-refractivity contribution in [3.05, 3.63) is 65.1 Å². The summed E-state index contributed by atoms with van der Waals surface area (Å²) in [6.07, 6.45) is 0. The number of nitrogens with zero attached hydrogens (tertiary/aromatic N) is 1. The molecule has 8 heteroatoms. The summed E-state index contributed by atoms with van der Waals surface area (Å²) in [7, 11) is 0. The Morgan fingerprint density at radius 1 is 1.14 bits per heavy atom. The zero-order valence-electron chi connectivity index (χ0n) is 15.6. The number of hydrogen-bond acceptors (Lipinski definition) is 3. The van der Waals surface area contributed by atoms with Crippen LogP contribution in [0.2, 0.25) is 5.02 Å². The number of fused-ring (bicyclic) bond motifs is 1. The molecule has 0 saturated carbocycles. The average molecular weight is 417 g/mol. The van der Waals surface area contributed by atoms with Crippen molar-refractivity contribution in [2.24, 2.45) is 0 Å². The third-order valence-corrected chi connectivity index (χ3v) is 5.20. The van der Waals surface area contributed by atoms with Crippen molar-refractivity contribution in [1.82, 2.24) is 4.90 Å². The first-order valence-corrected chi connectivity index (χ1v) is 9.73. The van der Waals surface area contributed by atoms with Crippen molar-refractivity contribution in [2.75, 3.05) is 38.0 Å². The molecule has 0 aliphatic carbocycles. The zero-order valence-corrected chi connectivity index (χ0v) is 16.3. The molecule has 1 aliphatic rings. The highest BCUT2D eigenvalue weighted by Crippen LogP contribution is 2.23. The molecule has 0 atom stereocenters. The van der Waals surface area contributed by atoms with Crippen LogP contribution < -0.4 is 10.2 Å². The van der Waals surface area contributed by atoms with Gasteiger partial charge in [-0.3, -0.25) is 9.59 Å². The smallest absolute Gasteiger partial charge is 0.290 e. The first-order valence-electron chi connectivity index (χ1n) is 9.35. The maximum absolute atomic E-state index is 13.2. The second-order valence-electron chi connectivity index (χ2n) is 7.07. The maximum atomic E-state index is 13.2. The minimum absolute atomic E-state index is 0.166. The second-order valence-corrected chi connectivity index (χ2v) is 7.51. The molecule has 2 amide bonds. The summed E-state index contributed by atoms with van der Waals surface area (Å²) in [6.45, 7) is 2.61. The van der Waals surface area contributed by atoms with Crippen molar-refractivity contribution in [2.45, 2.75) is 0 Å². The van der Waals surface area contributed by atoms with Crippen molar-refractivity contribution >= 4 is 40.1 Å². The van der Waals surface area contributed by atoms with Gasteiger partial charge in [0, 0.05) is 16.1 Å². The number of quaternary nitrogens is 1. The molecular formula is C21H20ClFN3O3+. The highest BCUT2D eigenvalue weighted by molar-refractivity contribution is 6.31. The summed E-state index contributed by atoms with van der Waals surface area (Å²) in [5.41, 5.74) is 1.06. The third kappa shape index (κ3) is 4.58. The van der Waals surface area contributed by atoms with E-state index in [1.165, 1.54) is 12.1 Å². The molecule has 2 N–H and O–H groups in total. The zero-order chi connectivity index (χ0) is 20.4. The Balaban J connectivity index is 1.31. The van der Waals surface area contributed by atoms with Crippen molar-refractivity contribution in [1.29, 1.82) is 0 Å². The number of halogens is 2. The molecule has 4 rings (SSSR count). The first kappa shape index (κ1) is 19.4. The molecule has 1 aromatic heterocycles. The van der Waals surface area contributed by atoms with E-state index in [0.717, 1.165) is 10.3 Å². The van der Waals surface area contributed by atoms with Gasteiger partial charge in [-0.2, -0.15) is 0 Å². The van der Waals surface area contributed by atoms with Crippen LogP contribution >= 0.6 is 11.6 Å². The minimum Gasteiger partial charge on any atom is -0.451 e. The van der Waals surface area contributed by atoms with Gasteiger partial charge in [-0.1, -0.05) is 17.7 Å². The predicted octanol–water partition coefficient (Wildman–Crippen LogP) is 2.20. The Kier molecular flexibility index (Phi) is 5.51. The van der Waals surface area contributed by atoms with Crippen LogP contribution in [0.15, 0.2) is 52.9 Å². The lowest BCUT2D eigenvalue weighted by Crippen LogP contribution is -3.15. The van der Waals surface area contributed by atoms with Crippen LogP contribution in [0.3, 0.4) is 0 Å². The summed E-state index contributed by atoms with van der Waals surface area (Å²) >= 11 is 5.98. The Morgan fingerprint density at radius 3 is 2.69 bits per heavy atom. The fourth-order valence-corrected chi connectivity index (χ4v) is 3.66. The number of hydrogen-bond donors (Lipinski definition) is 2. The molecule has 0 spiro atoms. The van der Waals surface area contributed by atoms with E-state index < -0.39 is 5.82 Å². The van der Waals surface area contributed by atoms with Crippen LogP contribution in [0.5, 0.6) is 0 Å². The number of benzene rings is 2. The number of rotatable bonds is 4. The molecule has 1 fully saturated rings. The number of nitrogens with one attached hydrogen (secondary N) is 2. The van der Waals surface area contributed by atoms with E-state index >= 15 is 0 Å². The van der Waals surface area contributed by atoms with Gasteiger partial charge in [0.1, 0.15) is 11.4 Å². The Bertz CT molecular complexity index is 1060. The normalized spacial score (nSPS) is 14.9. The topological polar surface area (TPSA) is 67.0 Å². The van der Waals surface area contributed by atoms with E-state index in [1.807, 2.05) is 0 Å². The Labute approximate surface area is 171 Å². The lowest BCUT2D eigenvalue weighted by atomic mass is 10.2. The fraction of sp³-hybridized carbons (Fsp3) is 0.238. The van der Waals surface area contributed by atoms with Crippen LogP contribution in [-0.4, -0.2) is 49.4 Å². The van der Waals surface area contributed by atoms with E-state index in [4.69, 9.17) is 16.0 Å². The quantitative estimate of drug-likeness (QED) is 0.685. The van der Waals surface area contributed by atoms with E-state index in [9.17, 15) is 14.0 Å². The highest BCUT2D eigenvalue weighted by atomic mass is 35.5. The van der Waals surface area contributed by atoms with Gasteiger partial charge in [-0.15, -0.1) is 0 Å². The molecule has 1 aliphatic heterocycles. The molecule has 1 saturated heterocycles. The van der Waals surface area contributed by atoms with Crippen LogP contribution in [0.4, 0.5) is 10.1 Å². The third-order valence-electron chi connectivity index (χ3n) is 4.97. The molecular weight excluding hydrogens is 397 g/mol. The van der Waals surface area contributed by atoms with E-state index in [-0.39, 0.29) is 24.1 Å². The molecule has 6 nitrogen and oxygen atoms in total. The summed E-state index contributed by atoms with van der Waals surface area (Å²) in [4.78, 5) is 27.7. The summed E-state index contributed by atoms with van der Waals surface area (Å²) in [6, 6.07) is 12.7. The molecule has 0 radical (unpaired) electrons. The minimum atomic E-state index is -0.393. The number of piperazine rings is 1. The van der Waals surface area contributed by atoms with Crippen LogP contribution in [-0.2, 0) is 4.79 Å². The molecule has 3 aromatic rings. The Morgan fingerprint density at radius 2 is 1.93 bits per heavy atom. The van der Waals surface area contributed by atoms with E-state index in [1.54, 1.807) is 41.3 Å². The van der Waals surface area contributed by atoms with Gasteiger partial charge >= 0.3 is 0 Å². The highest BCUT2D eigenvalue weighted by Gasteiger charge is 2.27. The second kappa shape index (κ2) is 8.23. The van der Waals surface area contributed by atoms with Crippen molar-refractivity contribution in [3.63, 3.8) is 0 Å². The van der Waals surface area contributed by atoms with Crippen LogP contribution in [0.1, 0.15) is 10.6 Å². The average Bonchev–Trinajstić information content (AvgIpc) is 3.11. The van der Waals surface area contributed by atoms with Gasteiger partial charge in [0.05, 0.1) is 26.2 Å². The lowest BCUT2D eigenvalue weighted by molar-refractivity contribution is -0.895. The number of anilines is 1. The molecule has 2 aromatic carbocycles. The van der Waals surface area contributed by atoms with Gasteiger partial charge < -0.3 is 19.5 Å². The van der Waals surface area contributed by atoms with Crippen molar-refractivity contribution < 1.29 is 23.3 Å². The summed E-state index contributed by atoms with van der Waals surface area (Å²) < 4.78 is 18.9. The van der Waals surface area contributed by atoms with Gasteiger partial charge in [-0.25, -0.2) is 4.39 Å². The number of amides is 2. The van der Waals surface area contributed by atoms with E-state index in [0.29, 0.717) is 42.5 Å². The molecule has 2 heterocycles. The summed E-state index contributed by atoms with van der Waals surface area (Å²) in [5.74, 6) is -0.454. The monoisotopic (exact) mass is 416 g/mol. The number of carbonyl (C=O) groups excluding carboxylic acids is 2. The summed E-state index contributed by atoms with van der Waals surface area (Å²) in [5, 5.41) is 4.08. The van der Waals surface area contributed by atoms with Gasteiger partial charge in [0.2, 0.25) is 0 Å². The molecule has 0 bridgehead atoms. The lowest BCUT2D eigenvalue weighted by Gasteiger charge is -2.31. The molecule has 150 valence electrons. The van der Waals surface area contributed by atoms with Crippen molar-refractivity contribution in [3.8, 4) is 0 Å². The van der Waals surface area contributed by atoms with Gasteiger partial charge in [-0.05, 0) is 42.5 Å².